The standard InChI is InChI=1S/C17H23N5O2/c1-21-9-8-18-17(21)16-13(5-7-15(23)22(16)2)19-10-12-4-6-14(24-3)20-11-12/h4,6,8-9,11,13,16,19H,5,7,10H2,1-3H3/t13-,16-/m1/s1. The summed E-state index contributed by atoms with van der Waals surface area (Å²) in [6, 6.07) is 3.92. The number of likely N-dealkylation sites (N-methyl/N-ethyl adjacent to an activating group) is 1. The molecule has 1 saturated heterocycles. The van der Waals surface area contributed by atoms with Gasteiger partial charge in [0, 0.05) is 57.8 Å². The van der Waals surface area contributed by atoms with E-state index in [0.29, 0.717) is 18.8 Å². The zero-order chi connectivity index (χ0) is 17.1. The topological polar surface area (TPSA) is 72.3 Å². The van der Waals surface area contributed by atoms with E-state index in [1.807, 2.05) is 37.0 Å². The van der Waals surface area contributed by atoms with Crippen molar-refractivity contribution < 1.29 is 9.53 Å². The van der Waals surface area contributed by atoms with Gasteiger partial charge >= 0.3 is 0 Å². The average Bonchev–Trinajstić information content (AvgIpc) is 3.02. The highest BCUT2D eigenvalue weighted by Gasteiger charge is 2.36. The van der Waals surface area contributed by atoms with E-state index in [0.717, 1.165) is 17.8 Å². The molecule has 1 N–H and O–H groups in total. The molecule has 7 heteroatoms. The molecule has 24 heavy (non-hydrogen) atoms. The van der Waals surface area contributed by atoms with Crippen LogP contribution in [0.25, 0.3) is 0 Å². The van der Waals surface area contributed by atoms with Gasteiger partial charge in [-0.3, -0.25) is 4.79 Å². The lowest BCUT2D eigenvalue weighted by atomic mass is 9.95. The molecule has 3 rings (SSSR count). The Hall–Kier alpha value is -2.41. The third-order valence-electron chi connectivity index (χ3n) is 4.56. The van der Waals surface area contributed by atoms with Crippen LogP contribution in [0.1, 0.15) is 30.3 Å². The minimum atomic E-state index is -0.0718. The molecule has 2 atom stereocenters. The Labute approximate surface area is 141 Å². The highest BCUT2D eigenvalue weighted by molar-refractivity contribution is 5.77. The number of hydrogen-bond donors (Lipinski definition) is 1. The Morgan fingerprint density at radius 2 is 2.17 bits per heavy atom. The van der Waals surface area contributed by atoms with Gasteiger partial charge in [0.1, 0.15) is 11.9 Å². The van der Waals surface area contributed by atoms with Gasteiger partial charge < -0.3 is 19.5 Å². The van der Waals surface area contributed by atoms with E-state index in [9.17, 15) is 4.79 Å². The summed E-state index contributed by atoms with van der Waals surface area (Å²) in [5.74, 6) is 1.66. The number of pyridine rings is 1. The van der Waals surface area contributed by atoms with Gasteiger partial charge in [0.25, 0.3) is 0 Å². The summed E-state index contributed by atoms with van der Waals surface area (Å²) < 4.78 is 7.06. The maximum Gasteiger partial charge on any atom is 0.223 e. The summed E-state index contributed by atoms with van der Waals surface area (Å²) in [6.45, 7) is 0.685. The summed E-state index contributed by atoms with van der Waals surface area (Å²) in [4.78, 5) is 22.6. The van der Waals surface area contributed by atoms with E-state index in [4.69, 9.17) is 4.74 Å². The molecule has 0 radical (unpaired) electrons. The molecule has 2 aromatic rings. The highest BCUT2D eigenvalue weighted by atomic mass is 16.5. The van der Waals surface area contributed by atoms with Crippen LogP contribution in [0.3, 0.4) is 0 Å². The number of nitrogens with one attached hydrogen (secondary N) is 1. The molecule has 0 bridgehead atoms. The number of ether oxygens (including phenoxy) is 1. The maximum atomic E-state index is 12.1. The van der Waals surface area contributed by atoms with Crippen LogP contribution < -0.4 is 10.1 Å². The lowest BCUT2D eigenvalue weighted by Gasteiger charge is -2.39. The molecular formula is C17H23N5O2. The number of carbonyl (C=O) groups excluding carboxylic acids is 1. The first kappa shape index (κ1) is 16.4. The molecule has 7 nitrogen and oxygen atoms in total. The molecule has 2 aromatic heterocycles. The second-order valence-electron chi connectivity index (χ2n) is 6.08. The molecule has 1 fully saturated rings. The van der Waals surface area contributed by atoms with Crippen molar-refractivity contribution in [3.05, 3.63) is 42.1 Å². The predicted octanol–water partition coefficient (Wildman–Crippen LogP) is 1.28. The van der Waals surface area contributed by atoms with Crippen LogP contribution in [0.5, 0.6) is 5.88 Å². The minimum Gasteiger partial charge on any atom is -0.481 e. The van der Waals surface area contributed by atoms with Crippen LogP contribution in [0.15, 0.2) is 30.7 Å². The van der Waals surface area contributed by atoms with Crippen molar-refractivity contribution in [2.45, 2.75) is 31.5 Å². The number of piperidine rings is 1. The van der Waals surface area contributed by atoms with Gasteiger partial charge in [0.15, 0.2) is 0 Å². The zero-order valence-electron chi connectivity index (χ0n) is 14.3. The number of hydrogen-bond acceptors (Lipinski definition) is 5. The lowest BCUT2D eigenvalue weighted by molar-refractivity contribution is -0.136. The van der Waals surface area contributed by atoms with Gasteiger partial charge in [-0.15, -0.1) is 0 Å². The first-order valence-corrected chi connectivity index (χ1v) is 8.05. The first-order chi connectivity index (χ1) is 11.6. The van der Waals surface area contributed by atoms with E-state index in [1.54, 1.807) is 24.4 Å². The highest BCUT2D eigenvalue weighted by Crippen LogP contribution is 2.29. The molecule has 0 aromatic carbocycles. The molecular weight excluding hydrogens is 306 g/mol. The van der Waals surface area contributed by atoms with Crippen LogP contribution in [-0.2, 0) is 18.4 Å². The van der Waals surface area contributed by atoms with Crippen LogP contribution in [0, 0.1) is 0 Å². The minimum absolute atomic E-state index is 0.0718. The second-order valence-corrected chi connectivity index (χ2v) is 6.08. The Kier molecular flexibility index (Phi) is 4.80. The quantitative estimate of drug-likeness (QED) is 0.894. The zero-order valence-corrected chi connectivity index (χ0v) is 14.3. The molecule has 0 aliphatic carbocycles. The summed E-state index contributed by atoms with van der Waals surface area (Å²) in [6.07, 6.45) is 6.83. The molecule has 0 saturated carbocycles. The molecule has 1 aliphatic heterocycles. The lowest BCUT2D eigenvalue weighted by Crippen LogP contribution is -2.49. The number of aryl methyl sites for hydroxylation is 1. The van der Waals surface area contributed by atoms with Gasteiger partial charge in [0.05, 0.1) is 7.11 Å². The Morgan fingerprint density at radius 1 is 1.33 bits per heavy atom. The fourth-order valence-corrected chi connectivity index (χ4v) is 3.15. The Balaban J connectivity index is 1.74. The summed E-state index contributed by atoms with van der Waals surface area (Å²) in [5, 5.41) is 3.56. The van der Waals surface area contributed by atoms with Gasteiger partial charge in [-0.05, 0) is 12.0 Å². The van der Waals surface area contributed by atoms with Gasteiger partial charge in [-0.2, -0.15) is 0 Å². The number of rotatable bonds is 5. The van der Waals surface area contributed by atoms with Gasteiger partial charge in [-0.1, -0.05) is 6.07 Å². The van der Waals surface area contributed by atoms with E-state index < -0.39 is 0 Å². The molecule has 0 spiro atoms. The average molecular weight is 329 g/mol. The number of aromatic nitrogens is 3. The van der Waals surface area contributed by atoms with E-state index in [2.05, 4.69) is 15.3 Å². The van der Waals surface area contributed by atoms with Crippen LogP contribution in [-0.4, -0.2) is 45.5 Å². The number of amides is 1. The van der Waals surface area contributed by atoms with Gasteiger partial charge in [-0.25, -0.2) is 9.97 Å². The maximum absolute atomic E-state index is 12.1. The van der Waals surface area contributed by atoms with E-state index in [-0.39, 0.29) is 18.0 Å². The third kappa shape index (κ3) is 3.26. The fraction of sp³-hybridized carbons (Fsp3) is 0.471. The normalized spacial score (nSPS) is 21.1. The van der Waals surface area contributed by atoms with Gasteiger partial charge in [0.2, 0.25) is 11.8 Å². The second kappa shape index (κ2) is 7.00. The van der Waals surface area contributed by atoms with Crippen LogP contribution >= 0.6 is 0 Å². The van der Waals surface area contributed by atoms with Crippen molar-refractivity contribution in [2.24, 2.45) is 7.05 Å². The molecule has 3 heterocycles. The van der Waals surface area contributed by atoms with E-state index >= 15 is 0 Å². The number of nitrogens with zero attached hydrogens (tertiary/aromatic N) is 4. The number of imidazole rings is 1. The predicted molar refractivity (Wildman–Crippen MR) is 89.4 cm³/mol. The van der Waals surface area contributed by atoms with Crippen LogP contribution in [0.2, 0.25) is 0 Å². The summed E-state index contributed by atoms with van der Waals surface area (Å²) in [7, 11) is 5.41. The summed E-state index contributed by atoms with van der Waals surface area (Å²) in [5.41, 5.74) is 1.08. The third-order valence-corrected chi connectivity index (χ3v) is 4.56. The van der Waals surface area contributed by atoms with Crippen molar-refractivity contribution >= 4 is 5.91 Å². The summed E-state index contributed by atoms with van der Waals surface area (Å²) >= 11 is 0. The molecule has 128 valence electrons. The van der Waals surface area contributed by atoms with Crippen molar-refractivity contribution in [2.75, 3.05) is 14.2 Å². The number of methoxy groups -OCH3 is 1. The molecule has 1 amide bonds. The van der Waals surface area contributed by atoms with E-state index in [1.165, 1.54) is 0 Å². The Morgan fingerprint density at radius 3 is 2.79 bits per heavy atom. The van der Waals surface area contributed by atoms with Crippen molar-refractivity contribution in [3.8, 4) is 5.88 Å². The fourth-order valence-electron chi connectivity index (χ4n) is 3.15. The molecule has 0 unspecified atom stereocenters. The SMILES string of the molecule is COc1ccc(CN[C@@H]2CCC(=O)N(C)[C@H]2c2nccn2C)cn1. The number of likely N-dealkylation sites (tertiary alicyclic amines) is 1. The molecule has 1 aliphatic rings. The van der Waals surface area contributed by atoms with Crippen molar-refractivity contribution in [3.63, 3.8) is 0 Å². The smallest absolute Gasteiger partial charge is 0.223 e. The first-order valence-electron chi connectivity index (χ1n) is 8.05. The largest absolute Gasteiger partial charge is 0.481 e. The van der Waals surface area contributed by atoms with Crippen molar-refractivity contribution in [1.29, 1.82) is 0 Å². The number of carbonyl (C=O) groups is 1. The van der Waals surface area contributed by atoms with Crippen molar-refractivity contribution in [1.82, 2.24) is 24.8 Å². The van der Waals surface area contributed by atoms with Crippen LogP contribution in [0.4, 0.5) is 0 Å². The monoisotopic (exact) mass is 329 g/mol. The Bertz CT molecular complexity index is 697.